The number of fused-ring (bicyclic) bond motifs is 2. The van der Waals surface area contributed by atoms with Gasteiger partial charge in [-0.2, -0.15) is 0 Å². The van der Waals surface area contributed by atoms with Crippen LogP contribution < -0.4 is 14.8 Å². The maximum absolute atomic E-state index is 13.2. The van der Waals surface area contributed by atoms with E-state index in [0.717, 1.165) is 47.8 Å². The first-order chi connectivity index (χ1) is 15.6. The fraction of sp³-hybridized carbons (Fsp3) is 0.360. The minimum Gasteiger partial charge on any atom is -0.454 e. The molecule has 1 aromatic heterocycles. The summed E-state index contributed by atoms with van der Waals surface area (Å²) in [5, 5.41) is 3.99. The van der Waals surface area contributed by atoms with E-state index < -0.39 is 5.41 Å². The Labute approximate surface area is 185 Å². The van der Waals surface area contributed by atoms with Gasteiger partial charge in [0, 0.05) is 35.7 Å². The van der Waals surface area contributed by atoms with Crippen molar-refractivity contribution < 1.29 is 23.8 Å². The van der Waals surface area contributed by atoms with Crippen LogP contribution in [-0.2, 0) is 14.9 Å². The number of hydrogen-bond acceptors (Lipinski definition) is 5. The lowest BCUT2D eigenvalue weighted by Gasteiger charge is -2.20. The summed E-state index contributed by atoms with van der Waals surface area (Å²) < 4.78 is 16.2. The van der Waals surface area contributed by atoms with Gasteiger partial charge in [0.2, 0.25) is 12.7 Å². The van der Waals surface area contributed by atoms with Crippen LogP contribution in [0, 0.1) is 5.92 Å². The molecule has 1 amide bonds. The molecular formula is C25H24N2O5. The predicted octanol–water partition coefficient (Wildman–Crippen LogP) is 4.18. The molecule has 1 saturated heterocycles. The molecule has 7 heteroatoms. The quantitative estimate of drug-likeness (QED) is 0.591. The molecule has 0 unspecified atom stereocenters. The standard InChI is InChI=1S/C25H24N2O5/c28-23(15-5-9-30-10-6-15)20-12-16-11-18(2-3-19(16)27-20)26-24(29)25(7-8-25)17-1-4-21-22(13-17)32-14-31-21/h1-4,11-13,15,27H,5-10,14H2,(H,26,29). The van der Waals surface area contributed by atoms with Gasteiger partial charge in [-0.15, -0.1) is 0 Å². The number of anilines is 1. The van der Waals surface area contributed by atoms with Crippen LogP contribution in [0.25, 0.3) is 10.9 Å². The average molecular weight is 432 g/mol. The summed E-state index contributed by atoms with van der Waals surface area (Å²) >= 11 is 0. The summed E-state index contributed by atoms with van der Waals surface area (Å²) in [5.74, 6) is 1.53. The van der Waals surface area contributed by atoms with Crippen molar-refractivity contribution in [3.63, 3.8) is 0 Å². The summed E-state index contributed by atoms with van der Waals surface area (Å²) in [4.78, 5) is 29.3. The van der Waals surface area contributed by atoms with Gasteiger partial charge in [0.1, 0.15) is 0 Å². The Morgan fingerprint density at radius 3 is 2.59 bits per heavy atom. The van der Waals surface area contributed by atoms with Crippen molar-refractivity contribution in [1.82, 2.24) is 4.98 Å². The highest BCUT2D eigenvalue weighted by atomic mass is 16.7. The fourth-order valence-corrected chi connectivity index (χ4v) is 4.74. The van der Waals surface area contributed by atoms with Gasteiger partial charge in [0.25, 0.3) is 0 Å². The average Bonchev–Trinajstić information content (AvgIpc) is 3.32. The Balaban J connectivity index is 1.21. The molecule has 2 fully saturated rings. The number of H-pyrrole nitrogens is 1. The third kappa shape index (κ3) is 3.24. The highest BCUT2D eigenvalue weighted by Crippen LogP contribution is 2.51. The van der Waals surface area contributed by atoms with Crippen LogP contribution in [0.3, 0.4) is 0 Å². The first-order valence-corrected chi connectivity index (χ1v) is 11.1. The number of benzene rings is 2. The topological polar surface area (TPSA) is 89.7 Å². The van der Waals surface area contributed by atoms with Crippen LogP contribution in [0.15, 0.2) is 42.5 Å². The molecule has 0 radical (unpaired) electrons. The molecule has 0 bridgehead atoms. The van der Waals surface area contributed by atoms with Gasteiger partial charge in [0.15, 0.2) is 17.3 Å². The highest BCUT2D eigenvalue weighted by molar-refractivity contribution is 6.04. The molecule has 32 heavy (non-hydrogen) atoms. The van der Waals surface area contributed by atoms with E-state index in [-0.39, 0.29) is 24.4 Å². The second-order valence-electron chi connectivity index (χ2n) is 8.84. The number of aromatic nitrogens is 1. The van der Waals surface area contributed by atoms with Crippen LogP contribution in [0.4, 0.5) is 5.69 Å². The van der Waals surface area contributed by atoms with E-state index in [4.69, 9.17) is 14.2 Å². The SMILES string of the molecule is O=C(c1cc2cc(NC(=O)C3(c4ccc5c(c4)OCO5)CC3)ccc2[nH]1)C1CCOCC1. The highest BCUT2D eigenvalue weighted by Gasteiger charge is 2.51. The molecule has 2 aliphatic heterocycles. The summed E-state index contributed by atoms with van der Waals surface area (Å²) in [6.45, 7) is 1.49. The molecule has 7 nitrogen and oxygen atoms in total. The number of nitrogens with one attached hydrogen (secondary N) is 2. The third-order valence-electron chi connectivity index (χ3n) is 6.85. The van der Waals surface area contributed by atoms with E-state index in [9.17, 15) is 9.59 Å². The van der Waals surface area contributed by atoms with Crippen LogP contribution in [0.2, 0.25) is 0 Å². The minimum absolute atomic E-state index is 0.00686. The Hall–Kier alpha value is -3.32. The maximum atomic E-state index is 13.2. The van der Waals surface area contributed by atoms with Gasteiger partial charge >= 0.3 is 0 Å². The Morgan fingerprint density at radius 2 is 1.78 bits per heavy atom. The monoisotopic (exact) mass is 432 g/mol. The van der Waals surface area contributed by atoms with Crippen molar-refractivity contribution in [2.75, 3.05) is 25.3 Å². The Bertz CT molecular complexity index is 1220. The zero-order valence-corrected chi connectivity index (χ0v) is 17.6. The number of rotatable bonds is 5. The van der Waals surface area contributed by atoms with Gasteiger partial charge in [0.05, 0.1) is 11.1 Å². The van der Waals surface area contributed by atoms with Crippen LogP contribution in [0.1, 0.15) is 41.7 Å². The van der Waals surface area contributed by atoms with Crippen LogP contribution in [0.5, 0.6) is 11.5 Å². The number of carbonyl (C=O) groups excluding carboxylic acids is 2. The number of aromatic amines is 1. The van der Waals surface area contributed by atoms with Crippen molar-refractivity contribution in [1.29, 1.82) is 0 Å². The van der Waals surface area contributed by atoms with E-state index in [1.54, 1.807) is 0 Å². The van der Waals surface area contributed by atoms with Crippen molar-refractivity contribution in [2.45, 2.75) is 31.1 Å². The second kappa shape index (κ2) is 7.38. The summed E-state index contributed by atoms with van der Waals surface area (Å²) in [6.07, 6.45) is 3.12. The minimum atomic E-state index is -0.530. The number of carbonyl (C=O) groups is 2. The summed E-state index contributed by atoms with van der Waals surface area (Å²) in [6, 6.07) is 13.3. The molecule has 2 aromatic carbocycles. The zero-order chi connectivity index (χ0) is 21.7. The largest absolute Gasteiger partial charge is 0.454 e. The third-order valence-corrected chi connectivity index (χ3v) is 6.85. The van der Waals surface area contributed by atoms with E-state index in [0.29, 0.717) is 30.4 Å². The molecule has 164 valence electrons. The van der Waals surface area contributed by atoms with E-state index in [1.807, 2.05) is 42.5 Å². The van der Waals surface area contributed by atoms with Gasteiger partial charge in [-0.25, -0.2) is 0 Å². The van der Waals surface area contributed by atoms with Gasteiger partial charge in [-0.05, 0) is 67.6 Å². The van der Waals surface area contributed by atoms with Crippen molar-refractivity contribution in [3.05, 3.63) is 53.7 Å². The Kier molecular flexibility index (Phi) is 4.47. The number of Topliss-reactive ketones (excluding diaryl/α,β-unsaturated/α-hetero) is 1. The Morgan fingerprint density at radius 1 is 0.969 bits per heavy atom. The molecule has 1 aliphatic carbocycles. The van der Waals surface area contributed by atoms with Gasteiger partial charge in [-0.1, -0.05) is 6.07 Å². The lowest BCUT2D eigenvalue weighted by atomic mass is 9.93. The molecular weight excluding hydrogens is 408 g/mol. The fourth-order valence-electron chi connectivity index (χ4n) is 4.74. The van der Waals surface area contributed by atoms with Crippen molar-refractivity contribution >= 4 is 28.3 Å². The predicted molar refractivity (Wildman–Crippen MR) is 118 cm³/mol. The van der Waals surface area contributed by atoms with E-state index in [1.165, 1.54) is 0 Å². The summed E-state index contributed by atoms with van der Waals surface area (Å²) in [5.41, 5.74) is 2.65. The molecule has 3 aromatic rings. The molecule has 6 rings (SSSR count). The van der Waals surface area contributed by atoms with Crippen LogP contribution >= 0.6 is 0 Å². The molecule has 0 atom stereocenters. The normalized spacial score (nSPS) is 19.1. The number of ketones is 1. The van der Waals surface area contributed by atoms with Crippen molar-refractivity contribution in [3.8, 4) is 11.5 Å². The maximum Gasteiger partial charge on any atom is 0.235 e. The summed E-state index contributed by atoms with van der Waals surface area (Å²) in [7, 11) is 0. The van der Waals surface area contributed by atoms with Crippen LogP contribution in [-0.4, -0.2) is 36.7 Å². The number of hydrogen-bond donors (Lipinski definition) is 2. The van der Waals surface area contributed by atoms with Gasteiger partial charge < -0.3 is 24.5 Å². The van der Waals surface area contributed by atoms with Gasteiger partial charge in [-0.3, -0.25) is 9.59 Å². The lowest BCUT2D eigenvalue weighted by molar-refractivity contribution is -0.118. The number of amides is 1. The smallest absolute Gasteiger partial charge is 0.235 e. The molecule has 3 aliphatic rings. The molecule has 1 saturated carbocycles. The van der Waals surface area contributed by atoms with E-state index >= 15 is 0 Å². The van der Waals surface area contributed by atoms with Crippen molar-refractivity contribution in [2.24, 2.45) is 5.92 Å². The molecule has 3 heterocycles. The molecule has 2 N–H and O–H groups in total. The first kappa shape index (κ1) is 19.4. The molecule has 0 spiro atoms. The first-order valence-electron chi connectivity index (χ1n) is 11.1. The van der Waals surface area contributed by atoms with E-state index in [2.05, 4.69) is 10.3 Å². The number of ether oxygens (including phenoxy) is 3. The lowest BCUT2D eigenvalue weighted by Crippen LogP contribution is -2.27. The zero-order valence-electron chi connectivity index (χ0n) is 17.6. The second-order valence-corrected chi connectivity index (χ2v) is 8.84.